The number of guanidine groups is 1. The maximum absolute atomic E-state index is 12.3. The number of pyridine rings is 1. The van der Waals surface area contributed by atoms with Crippen molar-refractivity contribution >= 4 is 16.0 Å². The third-order valence-electron chi connectivity index (χ3n) is 5.93. The summed E-state index contributed by atoms with van der Waals surface area (Å²) < 4.78 is 32.6. The third-order valence-corrected chi connectivity index (χ3v) is 7.38. The minimum absolute atomic E-state index is 0.140. The van der Waals surface area contributed by atoms with Gasteiger partial charge in [0.15, 0.2) is 5.96 Å². The van der Waals surface area contributed by atoms with Gasteiger partial charge in [0.2, 0.25) is 10.0 Å². The van der Waals surface area contributed by atoms with Crippen LogP contribution in [0.1, 0.15) is 32.1 Å². The molecular formula is C20H34N6O3S. The van der Waals surface area contributed by atoms with Crippen LogP contribution in [0.4, 0.5) is 0 Å². The van der Waals surface area contributed by atoms with Gasteiger partial charge in [-0.3, -0.25) is 14.9 Å². The topological polar surface area (TPSA) is 108 Å². The standard InChI is InChI=1S/C20H34N6O3S/c1-21-19(23-10-11-25-30(27,28)18-6-5-9-22-16-18)24-17-20(7-3-2-4-8-20)26-12-14-29-15-13-26/h5-6,9,16,25H,2-4,7-8,10-15,17H2,1H3,(H2,21,23,24). The largest absolute Gasteiger partial charge is 0.379 e. The van der Waals surface area contributed by atoms with E-state index in [-0.39, 0.29) is 17.0 Å². The van der Waals surface area contributed by atoms with Gasteiger partial charge in [0.1, 0.15) is 4.90 Å². The number of hydrogen-bond donors (Lipinski definition) is 3. The monoisotopic (exact) mass is 438 g/mol. The first kappa shape index (κ1) is 22.9. The number of rotatable bonds is 8. The number of morpholine rings is 1. The fourth-order valence-corrected chi connectivity index (χ4v) is 5.27. The van der Waals surface area contributed by atoms with E-state index in [1.54, 1.807) is 19.3 Å². The summed E-state index contributed by atoms with van der Waals surface area (Å²) in [6.45, 7) is 5.07. The van der Waals surface area contributed by atoms with E-state index in [1.807, 2.05) is 0 Å². The van der Waals surface area contributed by atoms with Crippen LogP contribution in [0.15, 0.2) is 34.4 Å². The molecule has 1 aliphatic carbocycles. The van der Waals surface area contributed by atoms with Gasteiger partial charge in [-0.05, 0) is 25.0 Å². The quantitative estimate of drug-likeness (QED) is 0.309. The lowest BCUT2D eigenvalue weighted by Gasteiger charge is -2.48. The van der Waals surface area contributed by atoms with Crippen LogP contribution in [0.5, 0.6) is 0 Å². The molecule has 1 aromatic heterocycles. The predicted molar refractivity (Wildman–Crippen MR) is 117 cm³/mol. The summed E-state index contributed by atoms with van der Waals surface area (Å²) in [5.74, 6) is 0.689. The Balaban J connectivity index is 1.47. The summed E-state index contributed by atoms with van der Waals surface area (Å²) in [5, 5.41) is 6.68. The number of nitrogens with one attached hydrogen (secondary N) is 3. The number of hydrogen-bond acceptors (Lipinski definition) is 6. The van der Waals surface area contributed by atoms with Gasteiger partial charge in [0.05, 0.1) is 13.2 Å². The molecule has 0 aromatic carbocycles. The molecule has 3 N–H and O–H groups in total. The molecule has 168 valence electrons. The van der Waals surface area contributed by atoms with E-state index in [4.69, 9.17) is 4.74 Å². The predicted octanol–water partition coefficient (Wildman–Crippen LogP) is 0.560. The van der Waals surface area contributed by atoms with E-state index >= 15 is 0 Å². The van der Waals surface area contributed by atoms with E-state index in [9.17, 15) is 8.42 Å². The Hall–Kier alpha value is -1.75. The second-order valence-electron chi connectivity index (χ2n) is 7.82. The van der Waals surface area contributed by atoms with Gasteiger partial charge < -0.3 is 15.4 Å². The van der Waals surface area contributed by atoms with E-state index < -0.39 is 10.0 Å². The molecule has 0 spiro atoms. The number of aliphatic imine (C=N–C) groups is 1. The van der Waals surface area contributed by atoms with Crippen LogP contribution < -0.4 is 15.4 Å². The van der Waals surface area contributed by atoms with Crippen LogP contribution in [-0.4, -0.2) is 82.8 Å². The van der Waals surface area contributed by atoms with Crippen molar-refractivity contribution in [2.24, 2.45) is 4.99 Å². The van der Waals surface area contributed by atoms with Crippen LogP contribution in [0, 0.1) is 0 Å². The van der Waals surface area contributed by atoms with Crippen LogP contribution in [0.2, 0.25) is 0 Å². The maximum atomic E-state index is 12.3. The lowest BCUT2D eigenvalue weighted by molar-refractivity contribution is -0.0352. The number of ether oxygens (including phenoxy) is 1. The minimum atomic E-state index is -3.55. The highest BCUT2D eigenvalue weighted by Gasteiger charge is 2.38. The van der Waals surface area contributed by atoms with Crippen molar-refractivity contribution in [2.45, 2.75) is 42.5 Å². The van der Waals surface area contributed by atoms with Gasteiger partial charge in [-0.15, -0.1) is 0 Å². The van der Waals surface area contributed by atoms with Gasteiger partial charge in [-0.25, -0.2) is 13.1 Å². The Morgan fingerprint density at radius 2 is 1.97 bits per heavy atom. The first-order valence-corrected chi connectivity index (χ1v) is 12.2. The maximum Gasteiger partial charge on any atom is 0.242 e. The van der Waals surface area contributed by atoms with Gasteiger partial charge in [0.25, 0.3) is 0 Å². The van der Waals surface area contributed by atoms with Crippen molar-refractivity contribution in [1.29, 1.82) is 0 Å². The molecule has 2 heterocycles. The van der Waals surface area contributed by atoms with Crippen molar-refractivity contribution in [3.63, 3.8) is 0 Å². The highest BCUT2D eigenvalue weighted by Crippen LogP contribution is 2.33. The molecule has 1 aromatic rings. The molecular weight excluding hydrogens is 404 g/mol. The second-order valence-corrected chi connectivity index (χ2v) is 9.59. The van der Waals surface area contributed by atoms with Gasteiger partial charge in [0, 0.05) is 57.7 Å². The van der Waals surface area contributed by atoms with Crippen LogP contribution in [0.25, 0.3) is 0 Å². The van der Waals surface area contributed by atoms with Crippen LogP contribution in [-0.2, 0) is 14.8 Å². The first-order valence-electron chi connectivity index (χ1n) is 10.7. The number of aromatic nitrogens is 1. The molecule has 30 heavy (non-hydrogen) atoms. The molecule has 1 saturated carbocycles. The lowest BCUT2D eigenvalue weighted by Crippen LogP contribution is -2.60. The van der Waals surface area contributed by atoms with Gasteiger partial charge in [-0.1, -0.05) is 19.3 Å². The molecule has 0 atom stereocenters. The average Bonchev–Trinajstić information content (AvgIpc) is 2.80. The molecule has 9 nitrogen and oxygen atoms in total. The Kier molecular flexibility index (Phi) is 8.43. The summed E-state index contributed by atoms with van der Waals surface area (Å²) in [7, 11) is -1.82. The van der Waals surface area contributed by atoms with E-state index in [0.29, 0.717) is 12.5 Å². The van der Waals surface area contributed by atoms with E-state index in [0.717, 1.165) is 32.8 Å². The average molecular weight is 439 g/mol. The summed E-state index contributed by atoms with van der Waals surface area (Å²) in [6.07, 6.45) is 9.06. The van der Waals surface area contributed by atoms with Gasteiger partial charge >= 0.3 is 0 Å². The van der Waals surface area contributed by atoms with E-state index in [2.05, 4.69) is 30.2 Å². The smallest absolute Gasteiger partial charge is 0.242 e. The molecule has 10 heteroatoms. The molecule has 0 radical (unpaired) electrons. The lowest BCUT2D eigenvalue weighted by atomic mass is 9.80. The number of sulfonamides is 1. The zero-order valence-corrected chi connectivity index (χ0v) is 18.6. The molecule has 1 aliphatic heterocycles. The Morgan fingerprint density at radius 1 is 1.20 bits per heavy atom. The normalized spacial score (nSPS) is 20.6. The Morgan fingerprint density at radius 3 is 2.63 bits per heavy atom. The molecule has 1 saturated heterocycles. The van der Waals surface area contributed by atoms with Crippen molar-refractivity contribution in [1.82, 2.24) is 25.2 Å². The SMILES string of the molecule is CN=C(NCCNS(=O)(=O)c1cccnc1)NCC1(N2CCOCC2)CCCCC1. The zero-order chi connectivity index (χ0) is 21.3. The second kappa shape index (κ2) is 11.0. The zero-order valence-electron chi connectivity index (χ0n) is 17.8. The van der Waals surface area contributed by atoms with Crippen molar-refractivity contribution in [2.75, 3.05) is 53.0 Å². The molecule has 0 bridgehead atoms. The summed E-state index contributed by atoms with van der Waals surface area (Å²) in [4.78, 5) is 10.9. The highest BCUT2D eigenvalue weighted by atomic mass is 32.2. The summed E-state index contributed by atoms with van der Waals surface area (Å²) >= 11 is 0. The van der Waals surface area contributed by atoms with Crippen molar-refractivity contribution < 1.29 is 13.2 Å². The summed E-state index contributed by atoms with van der Waals surface area (Å²) in [5.41, 5.74) is 0.140. The fraction of sp³-hybridized carbons (Fsp3) is 0.700. The van der Waals surface area contributed by atoms with Crippen molar-refractivity contribution in [3.8, 4) is 0 Å². The molecule has 2 aliphatic rings. The highest BCUT2D eigenvalue weighted by molar-refractivity contribution is 7.89. The molecule has 0 amide bonds. The summed E-state index contributed by atoms with van der Waals surface area (Å²) in [6, 6.07) is 3.13. The third kappa shape index (κ3) is 6.13. The molecule has 2 fully saturated rings. The fourth-order valence-electron chi connectivity index (χ4n) is 4.28. The Bertz CT molecular complexity index is 775. The molecule has 0 unspecified atom stereocenters. The van der Waals surface area contributed by atoms with Gasteiger partial charge in [-0.2, -0.15) is 0 Å². The van der Waals surface area contributed by atoms with Crippen molar-refractivity contribution in [3.05, 3.63) is 24.5 Å². The molecule has 3 rings (SSSR count). The van der Waals surface area contributed by atoms with Crippen LogP contribution >= 0.6 is 0 Å². The minimum Gasteiger partial charge on any atom is -0.379 e. The number of nitrogens with zero attached hydrogens (tertiary/aromatic N) is 3. The first-order chi connectivity index (χ1) is 14.6. The van der Waals surface area contributed by atoms with E-state index in [1.165, 1.54) is 44.4 Å². The Labute approximate surface area is 179 Å². The van der Waals surface area contributed by atoms with Crippen LogP contribution in [0.3, 0.4) is 0 Å².